The van der Waals surface area contributed by atoms with Crippen LogP contribution in [0, 0.1) is 0 Å². The van der Waals surface area contributed by atoms with Crippen molar-refractivity contribution < 1.29 is 14.6 Å². The number of nitrogen functional groups attached to an aromatic ring is 1. The summed E-state index contributed by atoms with van der Waals surface area (Å²) in [6, 6.07) is 1.59. The molecule has 6 heteroatoms. The Kier molecular flexibility index (Phi) is 6.79. The molecule has 0 bridgehead atoms. The lowest BCUT2D eigenvalue weighted by Crippen LogP contribution is -2.23. The Morgan fingerprint density at radius 2 is 2.20 bits per heavy atom. The third-order valence-corrected chi connectivity index (χ3v) is 2.90. The molecular formula is C14H23N3O3. The molecule has 0 aliphatic rings. The summed E-state index contributed by atoms with van der Waals surface area (Å²) in [7, 11) is 1.88. The van der Waals surface area contributed by atoms with Gasteiger partial charge < -0.3 is 20.5 Å². The molecule has 0 amide bonds. The summed E-state index contributed by atoms with van der Waals surface area (Å²) in [6.07, 6.45) is 4.17. The number of aromatic nitrogens is 1. The molecule has 1 aromatic heterocycles. The number of hydrogen-bond donors (Lipinski definition) is 2. The number of nitrogens with two attached hydrogens (primary N) is 1. The standard InChI is InChI=1S/C14H23N3O3/c1-3-20-14(19)12-9-11(15)10-16-13(12)17(2)7-5-4-6-8-18/h9-10,18H,3-8,15H2,1-2H3. The van der Waals surface area contributed by atoms with E-state index in [1.807, 2.05) is 11.9 Å². The Labute approximate surface area is 119 Å². The molecule has 0 unspecified atom stereocenters. The second kappa shape index (κ2) is 8.37. The number of nitrogens with zero attached hydrogens (tertiary/aromatic N) is 2. The van der Waals surface area contributed by atoms with Crippen molar-refractivity contribution in [2.24, 2.45) is 0 Å². The summed E-state index contributed by atoms with van der Waals surface area (Å²) >= 11 is 0. The summed E-state index contributed by atoms with van der Waals surface area (Å²) in [5.74, 6) is 0.158. The number of ether oxygens (including phenoxy) is 1. The summed E-state index contributed by atoms with van der Waals surface area (Å²) in [5.41, 5.74) is 6.51. The van der Waals surface area contributed by atoms with E-state index in [9.17, 15) is 4.79 Å². The Balaban J connectivity index is 2.79. The first-order chi connectivity index (χ1) is 9.60. The third kappa shape index (κ3) is 4.70. The molecule has 0 fully saturated rings. The second-order valence-electron chi connectivity index (χ2n) is 4.57. The largest absolute Gasteiger partial charge is 0.462 e. The maximum Gasteiger partial charge on any atom is 0.341 e. The number of anilines is 2. The van der Waals surface area contributed by atoms with Crippen molar-refractivity contribution in [3.8, 4) is 0 Å². The summed E-state index contributed by atoms with van der Waals surface area (Å²) in [4.78, 5) is 18.1. The van der Waals surface area contributed by atoms with Gasteiger partial charge in [-0.15, -0.1) is 0 Å². The van der Waals surface area contributed by atoms with Crippen LogP contribution < -0.4 is 10.6 Å². The van der Waals surface area contributed by atoms with Crippen molar-refractivity contribution in [2.45, 2.75) is 26.2 Å². The van der Waals surface area contributed by atoms with Gasteiger partial charge in [0.1, 0.15) is 11.4 Å². The summed E-state index contributed by atoms with van der Waals surface area (Å²) in [5, 5.41) is 8.75. The van der Waals surface area contributed by atoms with E-state index < -0.39 is 5.97 Å². The number of rotatable bonds is 8. The number of carbonyl (C=O) groups is 1. The molecule has 1 rings (SSSR count). The van der Waals surface area contributed by atoms with E-state index in [0.29, 0.717) is 23.7 Å². The van der Waals surface area contributed by atoms with E-state index in [-0.39, 0.29) is 6.61 Å². The minimum absolute atomic E-state index is 0.206. The zero-order chi connectivity index (χ0) is 15.0. The van der Waals surface area contributed by atoms with Crippen molar-refractivity contribution in [2.75, 3.05) is 37.4 Å². The van der Waals surface area contributed by atoms with Crippen molar-refractivity contribution in [1.82, 2.24) is 4.98 Å². The van der Waals surface area contributed by atoms with Gasteiger partial charge in [-0.25, -0.2) is 9.78 Å². The first-order valence-corrected chi connectivity index (χ1v) is 6.84. The number of aliphatic hydroxyl groups excluding tert-OH is 1. The molecular weight excluding hydrogens is 258 g/mol. The Bertz CT molecular complexity index is 438. The van der Waals surface area contributed by atoms with Crippen LogP contribution in [0.3, 0.4) is 0 Å². The van der Waals surface area contributed by atoms with Crippen LogP contribution in [0.4, 0.5) is 11.5 Å². The first-order valence-electron chi connectivity index (χ1n) is 6.84. The second-order valence-corrected chi connectivity index (χ2v) is 4.57. The van der Waals surface area contributed by atoms with Crippen molar-refractivity contribution in [3.63, 3.8) is 0 Å². The van der Waals surface area contributed by atoms with Gasteiger partial charge in [0.05, 0.1) is 18.5 Å². The van der Waals surface area contributed by atoms with E-state index in [0.717, 1.165) is 25.8 Å². The lowest BCUT2D eigenvalue weighted by atomic mass is 10.2. The van der Waals surface area contributed by atoms with Crippen LogP contribution in [0.5, 0.6) is 0 Å². The van der Waals surface area contributed by atoms with Gasteiger partial charge in [-0.05, 0) is 32.3 Å². The molecule has 0 aliphatic carbocycles. The number of carbonyl (C=O) groups excluding carboxylic acids is 1. The third-order valence-electron chi connectivity index (χ3n) is 2.90. The normalized spacial score (nSPS) is 10.3. The predicted molar refractivity (Wildman–Crippen MR) is 78.8 cm³/mol. The fourth-order valence-electron chi connectivity index (χ4n) is 1.88. The number of hydrogen-bond acceptors (Lipinski definition) is 6. The highest BCUT2D eigenvalue weighted by molar-refractivity contribution is 5.95. The fourth-order valence-corrected chi connectivity index (χ4v) is 1.88. The first kappa shape index (κ1) is 16.2. The van der Waals surface area contributed by atoms with Crippen LogP contribution in [-0.4, -0.2) is 42.9 Å². The Morgan fingerprint density at radius 1 is 1.45 bits per heavy atom. The van der Waals surface area contributed by atoms with Crippen LogP contribution in [0.1, 0.15) is 36.5 Å². The highest BCUT2D eigenvalue weighted by atomic mass is 16.5. The molecule has 6 nitrogen and oxygen atoms in total. The van der Waals surface area contributed by atoms with E-state index in [2.05, 4.69) is 4.98 Å². The zero-order valence-electron chi connectivity index (χ0n) is 12.1. The topological polar surface area (TPSA) is 88.7 Å². The highest BCUT2D eigenvalue weighted by Gasteiger charge is 2.17. The molecule has 0 atom stereocenters. The van der Waals surface area contributed by atoms with Gasteiger partial charge in [-0.2, -0.15) is 0 Å². The monoisotopic (exact) mass is 281 g/mol. The molecule has 1 aromatic rings. The lowest BCUT2D eigenvalue weighted by molar-refractivity contribution is 0.0526. The van der Waals surface area contributed by atoms with Crippen LogP contribution in [0.15, 0.2) is 12.3 Å². The van der Waals surface area contributed by atoms with Crippen LogP contribution in [0.2, 0.25) is 0 Å². The van der Waals surface area contributed by atoms with E-state index in [1.165, 1.54) is 6.20 Å². The van der Waals surface area contributed by atoms with Gasteiger partial charge in [0.15, 0.2) is 0 Å². The van der Waals surface area contributed by atoms with Crippen LogP contribution >= 0.6 is 0 Å². The summed E-state index contributed by atoms with van der Waals surface area (Å²) < 4.78 is 5.02. The summed E-state index contributed by atoms with van der Waals surface area (Å²) in [6.45, 7) is 3.03. The minimum atomic E-state index is -0.412. The predicted octanol–water partition coefficient (Wildman–Crippen LogP) is 1.44. The van der Waals surface area contributed by atoms with Gasteiger partial charge in [0.2, 0.25) is 0 Å². The van der Waals surface area contributed by atoms with Crippen molar-refractivity contribution in [1.29, 1.82) is 0 Å². The molecule has 0 aromatic carbocycles. The SMILES string of the molecule is CCOC(=O)c1cc(N)cnc1N(C)CCCCCO. The molecule has 0 saturated carbocycles. The van der Waals surface area contributed by atoms with Gasteiger partial charge in [0, 0.05) is 20.2 Å². The average Bonchev–Trinajstić information content (AvgIpc) is 2.43. The number of aliphatic hydroxyl groups is 1. The molecule has 20 heavy (non-hydrogen) atoms. The molecule has 0 radical (unpaired) electrons. The van der Waals surface area contributed by atoms with Crippen LogP contribution in [0.25, 0.3) is 0 Å². The number of unbranched alkanes of at least 4 members (excludes halogenated alkanes) is 2. The number of pyridine rings is 1. The maximum atomic E-state index is 11.9. The Morgan fingerprint density at radius 3 is 2.85 bits per heavy atom. The van der Waals surface area contributed by atoms with Gasteiger partial charge in [-0.1, -0.05) is 0 Å². The number of esters is 1. The van der Waals surface area contributed by atoms with E-state index in [4.69, 9.17) is 15.6 Å². The smallest absolute Gasteiger partial charge is 0.341 e. The van der Waals surface area contributed by atoms with E-state index in [1.54, 1.807) is 13.0 Å². The van der Waals surface area contributed by atoms with Crippen molar-refractivity contribution >= 4 is 17.5 Å². The molecule has 0 aliphatic heterocycles. The maximum absolute atomic E-state index is 11.9. The minimum Gasteiger partial charge on any atom is -0.462 e. The van der Waals surface area contributed by atoms with Crippen molar-refractivity contribution in [3.05, 3.63) is 17.8 Å². The van der Waals surface area contributed by atoms with Gasteiger partial charge in [0.25, 0.3) is 0 Å². The highest BCUT2D eigenvalue weighted by Crippen LogP contribution is 2.20. The molecule has 1 heterocycles. The molecule has 3 N–H and O–H groups in total. The molecule has 112 valence electrons. The Hall–Kier alpha value is -1.82. The fraction of sp³-hybridized carbons (Fsp3) is 0.571. The average molecular weight is 281 g/mol. The van der Waals surface area contributed by atoms with Gasteiger partial charge >= 0.3 is 5.97 Å². The quantitative estimate of drug-likeness (QED) is 0.553. The van der Waals surface area contributed by atoms with E-state index >= 15 is 0 Å². The molecule has 0 saturated heterocycles. The van der Waals surface area contributed by atoms with Gasteiger partial charge in [-0.3, -0.25) is 0 Å². The molecule has 0 spiro atoms. The van der Waals surface area contributed by atoms with Crippen LogP contribution in [-0.2, 0) is 4.74 Å². The zero-order valence-corrected chi connectivity index (χ0v) is 12.1. The lowest BCUT2D eigenvalue weighted by Gasteiger charge is -2.20.